The van der Waals surface area contributed by atoms with Crippen LogP contribution in [0, 0.1) is 0 Å². The van der Waals surface area contributed by atoms with Crippen molar-refractivity contribution in [2.75, 3.05) is 12.1 Å². The van der Waals surface area contributed by atoms with E-state index in [1.165, 1.54) is 0 Å². The highest BCUT2D eigenvalue weighted by Crippen LogP contribution is 2.34. The highest BCUT2D eigenvalue weighted by molar-refractivity contribution is 6.32. The van der Waals surface area contributed by atoms with E-state index in [4.69, 9.17) is 21.1 Å². The number of tetrazole rings is 1. The molecule has 9 nitrogen and oxygen atoms in total. The van der Waals surface area contributed by atoms with Crippen LogP contribution in [0.15, 0.2) is 47.3 Å². The van der Waals surface area contributed by atoms with E-state index in [-0.39, 0.29) is 25.7 Å². The van der Waals surface area contributed by atoms with Crippen LogP contribution in [0.2, 0.25) is 5.02 Å². The van der Waals surface area contributed by atoms with Crippen LogP contribution in [0.25, 0.3) is 5.69 Å². The molecule has 1 N–H and O–H groups in total. The van der Waals surface area contributed by atoms with E-state index in [9.17, 15) is 9.59 Å². The lowest BCUT2D eigenvalue weighted by Crippen LogP contribution is -2.26. The first-order chi connectivity index (χ1) is 13.1. The largest absolute Gasteiger partial charge is 0.454 e. The molecule has 138 valence electrons. The van der Waals surface area contributed by atoms with E-state index in [2.05, 4.69) is 15.7 Å². The van der Waals surface area contributed by atoms with Crippen molar-refractivity contribution in [2.45, 2.75) is 13.0 Å². The molecule has 4 rings (SSSR count). The number of hydrogen-bond acceptors (Lipinski definition) is 6. The Balaban J connectivity index is 1.41. The van der Waals surface area contributed by atoms with E-state index >= 15 is 0 Å². The SMILES string of the molecule is O=C(CCn1nnn(-c2ccccc2Cl)c1=O)Nc1ccc2c(c1)OCO2. The fourth-order valence-corrected chi connectivity index (χ4v) is 2.81. The van der Waals surface area contributed by atoms with Crippen LogP contribution in [0.3, 0.4) is 0 Å². The lowest BCUT2D eigenvalue weighted by Gasteiger charge is -2.05. The van der Waals surface area contributed by atoms with Crippen LogP contribution < -0.4 is 20.5 Å². The summed E-state index contributed by atoms with van der Waals surface area (Å²) in [6.45, 7) is 0.246. The molecule has 0 fully saturated rings. The van der Waals surface area contributed by atoms with Crippen LogP contribution in [0.4, 0.5) is 5.69 Å². The highest BCUT2D eigenvalue weighted by atomic mass is 35.5. The molecule has 1 amide bonds. The maximum Gasteiger partial charge on any atom is 0.368 e. The number of fused-ring (bicyclic) bond motifs is 1. The average Bonchev–Trinajstić information content (AvgIpc) is 3.27. The van der Waals surface area contributed by atoms with Crippen LogP contribution >= 0.6 is 11.6 Å². The van der Waals surface area contributed by atoms with Gasteiger partial charge in [0.15, 0.2) is 11.5 Å². The first kappa shape index (κ1) is 17.1. The summed E-state index contributed by atoms with van der Waals surface area (Å²) in [5.74, 6) is 0.940. The summed E-state index contributed by atoms with van der Waals surface area (Å²) in [5, 5.41) is 10.7. The van der Waals surface area contributed by atoms with Crippen LogP contribution in [0.1, 0.15) is 6.42 Å². The number of ether oxygens (including phenoxy) is 2. The fourth-order valence-electron chi connectivity index (χ4n) is 2.59. The van der Waals surface area contributed by atoms with Gasteiger partial charge in [0.25, 0.3) is 0 Å². The molecule has 0 saturated heterocycles. The summed E-state index contributed by atoms with van der Waals surface area (Å²) >= 11 is 6.08. The molecule has 2 aromatic carbocycles. The van der Waals surface area contributed by atoms with E-state index in [1.807, 2.05) is 0 Å². The minimum atomic E-state index is -0.473. The molecule has 27 heavy (non-hydrogen) atoms. The zero-order valence-electron chi connectivity index (χ0n) is 14.0. The Labute approximate surface area is 158 Å². The summed E-state index contributed by atoms with van der Waals surface area (Å²) in [7, 11) is 0. The second kappa shape index (κ2) is 7.12. The number of nitrogens with one attached hydrogen (secondary N) is 1. The Morgan fingerprint density at radius 3 is 2.81 bits per heavy atom. The van der Waals surface area contributed by atoms with E-state index in [0.29, 0.717) is 27.9 Å². The minimum absolute atomic E-state index is 0.0512. The van der Waals surface area contributed by atoms with Crippen LogP contribution in [-0.4, -0.2) is 32.5 Å². The molecule has 0 aliphatic carbocycles. The number of carbonyl (C=O) groups excluding carboxylic acids is 1. The quantitative estimate of drug-likeness (QED) is 0.717. The molecule has 1 aromatic heterocycles. The third-order valence-electron chi connectivity index (χ3n) is 3.93. The van der Waals surface area contributed by atoms with Crippen LogP contribution in [0.5, 0.6) is 11.5 Å². The zero-order chi connectivity index (χ0) is 18.8. The molecular weight excluding hydrogens is 374 g/mol. The molecular formula is C17H14ClN5O4. The third kappa shape index (κ3) is 3.49. The number of para-hydroxylation sites is 1. The number of benzene rings is 2. The molecule has 0 radical (unpaired) electrons. The molecule has 0 spiro atoms. The van der Waals surface area contributed by atoms with Gasteiger partial charge in [-0.15, -0.1) is 0 Å². The maximum atomic E-state index is 12.4. The maximum absolute atomic E-state index is 12.4. The molecule has 0 saturated carbocycles. The van der Waals surface area contributed by atoms with Gasteiger partial charge < -0.3 is 14.8 Å². The lowest BCUT2D eigenvalue weighted by molar-refractivity contribution is -0.116. The first-order valence-corrected chi connectivity index (χ1v) is 8.47. The summed E-state index contributed by atoms with van der Waals surface area (Å²) in [5.41, 5.74) is 0.538. The van der Waals surface area contributed by atoms with Gasteiger partial charge >= 0.3 is 5.69 Å². The Morgan fingerprint density at radius 1 is 1.15 bits per heavy atom. The zero-order valence-corrected chi connectivity index (χ0v) is 14.7. The molecule has 2 heterocycles. The second-order valence-corrected chi connectivity index (χ2v) is 6.12. The predicted octanol–water partition coefficient (Wildman–Crippen LogP) is 1.84. The topological polar surface area (TPSA) is 100 Å². The number of aryl methyl sites for hydroxylation is 1. The van der Waals surface area contributed by atoms with Gasteiger partial charge in [-0.25, -0.2) is 4.79 Å². The summed E-state index contributed by atoms with van der Waals surface area (Å²) in [6.07, 6.45) is 0.0512. The number of rotatable bonds is 5. The number of aromatic nitrogens is 4. The number of hydrogen-bond donors (Lipinski definition) is 1. The number of nitrogens with zero attached hydrogens (tertiary/aromatic N) is 4. The standard InChI is InChI=1S/C17H14ClN5O4/c18-12-3-1-2-4-13(12)23-17(25)22(20-21-23)8-7-16(24)19-11-5-6-14-15(9-11)27-10-26-14/h1-6,9H,7-8,10H2,(H,19,24). The van der Waals surface area contributed by atoms with Crippen LogP contribution in [-0.2, 0) is 11.3 Å². The number of anilines is 1. The normalized spacial score (nSPS) is 12.2. The molecule has 0 atom stereocenters. The van der Waals surface area contributed by atoms with Gasteiger partial charge in [-0.3, -0.25) is 4.79 Å². The van der Waals surface area contributed by atoms with Gasteiger partial charge in [-0.2, -0.15) is 9.36 Å². The summed E-state index contributed by atoms with van der Waals surface area (Å²) in [4.78, 5) is 24.6. The first-order valence-electron chi connectivity index (χ1n) is 8.09. The number of amides is 1. The van der Waals surface area contributed by atoms with Crippen molar-refractivity contribution in [3.8, 4) is 17.2 Å². The van der Waals surface area contributed by atoms with Crippen molar-refractivity contribution >= 4 is 23.2 Å². The van der Waals surface area contributed by atoms with Crippen molar-refractivity contribution < 1.29 is 14.3 Å². The monoisotopic (exact) mass is 387 g/mol. The molecule has 0 bridgehead atoms. The van der Waals surface area contributed by atoms with Gasteiger partial charge in [0.1, 0.15) is 0 Å². The fraction of sp³-hybridized carbons (Fsp3) is 0.176. The van der Waals surface area contributed by atoms with Crippen molar-refractivity contribution in [3.63, 3.8) is 0 Å². The Kier molecular flexibility index (Phi) is 4.51. The van der Waals surface area contributed by atoms with Gasteiger partial charge in [0, 0.05) is 18.2 Å². The molecule has 1 aliphatic heterocycles. The van der Waals surface area contributed by atoms with Gasteiger partial charge in [0.05, 0.1) is 17.3 Å². The Bertz CT molecular complexity index is 1060. The van der Waals surface area contributed by atoms with Crippen molar-refractivity contribution in [1.29, 1.82) is 0 Å². The highest BCUT2D eigenvalue weighted by Gasteiger charge is 2.15. The number of carbonyl (C=O) groups is 1. The van der Waals surface area contributed by atoms with E-state index in [0.717, 1.165) is 9.36 Å². The van der Waals surface area contributed by atoms with E-state index < -0.39 is 5.69 Å². The van der Waals surface area contributed by atoms with Crippen molar-refractivity contribution in [3.05, 3.63) is 58.0 Å². The summed E-state index contributed by atoms with van der Waals surface area (Å²) < 4.78 is 12.7. The molecule has 10 heteroatoms. The predicted molar refractivity (Wildman–Crippen MR) is 96.4 cm³/mol. The molecule has 0 unspecified atom stereocenters. The third-order valence-corrected chi connectivity index (χ3v) is 4.25. The lowest BCUT2D eigenvalue weighted by atomic mass is 10.2. The van der Waals surface area contributed by atoms with Crippen molar-refractivity contribution in [2.24, 2.45) is 0 Å². The Morgan fingerprint density at radius 2 is 1.96 bits per heavy atom. The average molecular weight is 388 g/mol. The smallest absolute Gasteiger partial charge is 0.368 e. The van der Waals surface area contributed by atoms with Gasteiger partial charge in [0.2, 0.25) is 12.7 Å². The molecule has 3 aromatic rings. The Hall–Kier alpha value is -3.33. The summed E-state index contributed by atoms with van der Waals surface area (Å²) in [6, 6.07) is 11.9. The van der Waals surface area contributed by atoms with E-state index in [1.54, 1.807) is 42.5 Å². The second-order valence-electron chi connectivity index (χ2n) is 5.71. The van der Waals surface area contributed by atoms with Gasteiger partial charge in [-0.05, 0) is 34.7 Å². The number of halogens is 1. The minimum Gasteiger partial charge on any atom is -0.454 e. The molecule has 1 aliphatic rings. The van der Waals surface area contributed by atoms with Gasteiger partial charge in [-0.1, -0.05) is 23.7 Å². The van der Waals surface area contributed by atoms with Crippen molar-refractivity contribution in [1.82, 2.24) is 19.8 Å².